The van der Waals surface area contributed by atoms with E-state index in [4.69, 9.17) is 34.9 Å². The topological polar surface area (TPSA) is 120 Å². The Morgan fingerprint density at radius 2 is 0.585 bits per heavy atom. The summed E-state index contributed by atoms with van der Waals surface area (Å²) in [4.78, 5) is 41.6. The summed E-state index contributed by atoms with van der Waals surface area (Å²) in [6.45, 7) is 0. The number of aromatic nitrogens is 7. The van der Waals surface area contributed by atoms with Crippen molar-refractivity contribution in [1.82, 2.24) is 34.9 Å². The first kappa shape index (κ1) is 48.8. The van der Waals surface area contributed by atoms with Crippen molar-refractivity contribution in [1.29, 1.82) is 5.26 Å². The second-order valence-corrected chi connectivity index (χ2v) is 19.7. The summed E-state index contributed by atoms with van der Waals surface area (Å²) in [5.41, 5.74) is 16.4. The van der Waals surface area contributed by atoms with Gasteiger partial charge in [0, 0.05) is 50.1 Å². The van der Waals surface area contributed by atoms with Crippen LogP contribution in [0.5, 0.6) is 0 Å². The van der Waals surface area contributed by atoms with E-state index >= 15 is 0 Å². The Morgan fingerprint density at radius 3 is 1.00 bits per heavy atom. The lowest BCUT2D eigenvalue weighted by molar-refractivity contribution is 1.01. The van der Waals surface area contributed by atoms with Crippen LogP contribution in [-0.4, -0.2) is 34.9 Å². The van der Waals surface area contributed by atoms with Gasteiger partial charge in [0.1, 0.15) is 0 Å². The zero-order chi connectivity index (χ0) is 54.8. The molecule has 1 aliphatic rings. The molecule has 0 fully saturated rings. The van der Waals surface area contributed by atoms with Gasteiger partial charge >= 0.3 is 0 Å². The van der Waals surface area contributed by atoms with Crippen LogP contribution in [0.4, 0.5) is 34.4 Å². The molecule has 4 heterocycles. The van der Waals surface area contributed by atoms with Gasteiger partial charge in [0.05, 0.1) is 62.8 Å². The Hall–Kier alpha value is -11.5. The van der Waals surface area contributed by atoms with Crippen LogP contribution in [0, 0.1) is 11.3 Å². The predicted octanol–water partition coefficient (Wildman–Crippen LogP) is 17.6. The molecule has 0 atom stereocenters. The van der Waals surface area contributed by atoms with Gasteiger partial charge in [-0.1, -0.05) is 218 Å². The number of hydrogen-bond acceptors (Lipinski definition) is 10. The highest BCUT2D eigenvalue weighted by Gasteiger charge is 2.36. The zero-order valence-electron chi connectivity index (χ0n) is 44.0. The summed E-state index contributed by atoms with van der Waals surface area (Å²) in [6.07, 6.45) is 0. The molecule has 0 spiro atoms. The molecule has 3 aromatic heterocycles. The fourth-order valence-corrected chi connectivity index (χ4v) is 10.6. The van der Waals surface area contributed by atoms with E-state index < -0.39 is 0 Å². The van der Waals surface area contributed by atoms with Gasteiger partial charge in [-0.2, -0.15) is 15.2 Å². The Labute approximate surface area is 474 Å². The van der Waals surface area contributed by atoms with Gasteiger partial charge in [-0.3, -0.25) is 4.90 Å². The maximum Gasteiger partial charge on any atom is 0.238 e. The molecule has 1 aliphatic heterocycles. The van der Waals surface area contributed by atoms with E-state index in [9.17, 15) is 5.26 Å². The lowest BCUT2D eigenvalue weighted by atomic mass is 9.91. The molecule has 0 N–H and O–H groups in total. The third-order valence-electron chi connectivity index (χ3n) is 14.5. The molecule has 0 amide bonds. The Morgan fingerprint density at radius 1 is 0.256 bits per heavy atom. The number of fused-ring (bicyclic) bond motifs is 2. The van der Waals surface area contributed by atoms with Crippen molar-refractivity contribution >= 4 is 34.4 Å². The van der Waals surface area contributed by atoms with Crippen LogP contribution in [0.3, 0.4) is 0 Å². The third kappa shape index (κ3) is 9.36. The predicted molar refractivity (Wildman–Crippen MR) is 328 cm³/mol. The summed E-state index contributed by atoms with van der Waals surface area (Å²) in [5, 5.41) is 10.2. The number of anilines is 6. The smallest absolute Gasteiger partial charge is 0.238 e. The molecule has 10 aromatic carbocycles. The van der Waals surface area contributed by atoms with Crippen LogP contribution in [0.1, 0.15) is 5.56 Å². The minimum absolute atomic E-state index is 0.457. The molecule has 0 radical (unpaired) electrons. The van der Waals surface area contributed by atoms with Gasteiger partial charge in [0.2, 0.25) is 5.95 Å². The molecule has 384 valence electrons. The summed E-state index contributed by atoms with van der Waals surface area (Å²) < 4.78 is 0. The van der Waals surface area contributed by atoms with E-state index in [2.05, 4.69) is 101 Å². The molecule has 0 saturated carbocycles. The lowest BCUT2D eigenvalue weighted by Crippen LogP contribution is -2.26. The van der Waals surface area contributed by atoms with Gasteiger partial charge in [-0.25, -0.2) is 24.9 Å². The average molecular weight is 1050 g/mol. The number of nitrogens with zero attached hydrogens (tertiary/aromatic N) is 10. The molecule has 14 rings (SSSR count). The maximum atomic E-state index is 10.2. The molecular formula is C72H46N10. The molecule has 13 aromatic rings. The van der Waals surface area contributed by atoms with Gasteiger partial charge in [-0.15, -0.1) is 0 Å². The van der Waals surface area contributed by atoms with Gasteiger partial charge in [-0.05, 0) is 66.2 Å². The Kier molecular flexibility index (Phi) is 12.7. The van der Waals surface area contributed by atoms with Gasteiger partial charge in [0.15, 0.2) is 23.3 Å². The summed E-state index contributed by atoms with van der Waals surface area (Å²) in [5.74, 6) is 2.71. The number of hydrogen-bond donors (Lipinski definition) is 0. The standard InChI is InChI=1S/C72H46N10/c73-47-48-39-41-49(42-40-48)57-43-56(61-45-59(50-23-7-1-8-24-50)74-68(76-61)52-27-11-3-12-28-52)44-58(62-46-60(51-25-9-2-10-26-51)75-69(77-62)53-29-13-4-14-30-53)67(57)81-63-35-19-21-37-65(63)82(66-38-22-20-36-64(66)81)72-79-70(54-31-15-5-16-32-54)78-71(80-72)55-33-17-6-18-34-55/h1-46H. The lowest BCUT2D eigenvalue weighted by Gasteiger charge is -2.40. The van der Waals surface area contributed by atoms with Crippen LogP contribution >= 0.6 is 0 Å². The fraction of sp³-hybridized carbons (Fsp3) is 0. The SMILES string of the molecule is N#Cc1ccc(-c2cc(-c3cc(-c4ccccc4)nc(-c4ccccc4)n3)cc(-c3cc(-c4ccccc4)nc(-c4ccccc4)n3)c2N2c3ccccc3N(c3nc(-c4ccccc4)nc(-c4ccccc4)n3)c3ccccc32)cc1. The van der Waals surface area contributed by atoms with Crippen molar-refractivity contribution in [2.45, 2.75) is 0 Å². The van der Waals surface area contributed by atoms with Crippen molar-refractivity contribution in [2.24, 2.45) is 0 Å². The second-order valence-electron chi connectivity index (χ2n) is 19.7. The summed E-state index contributed by atoms with van der Waals surface area (Å²) >= 11 is 0. The van der Waals surface area contributed by atoms with Crippen molar-refractivity contribution in [3.8, 4) is 108 Å². The van der Waals surface area contributed by atoms with Crippen molar-refractivity contribution < 1.29 is 0 Å². The van der Waals surface area contributed by atoms with E-state index in [1.165, 1.54) is 0 Å². The molecule has 0 bridgehead atoms. The highest BCUT2D eigenvalue weighted by molar-refractivity contribution is 6.07. The molecule has 0 aliphatic carbocycles. The third-order valence-corrected chi connectivity index (χ3v) is 14.5. The van der Waals surface area contributed by atoms with E-state index in [1.54, 1.807) is 0 Å². The minimum atomic E-state index is 0.457. The first-order valence-electron chi connectivity index (χ1n) is 26.9. The molecule has 10 heteroatoms. The number of rotatable bonds is 11. The van der Waals surface area contributed by atoms with Crippen LogP contribution in [0.2, 0.25) is 0 Å². The molecular weight excluding hydrogens is 1000 g/mol. The van der Waals surface area contributed by atoms with E-state index in [-0.39, 0.29) is 0 Å². The van der Waals surface area contributed by atoms with Crippen molar-refractivity contribution in [3.63, 3.8) is 0 Å². The maximum absolute atomic E-state index is 10.2. The fourth-order valence-electron chi connectivity index (χ4n) is 10.6. The van der Waals surface area contributed by atoms with E-state index in [0.717, 1.165) is 95.5 Å². The number of para-hydroxylation sites is 4. The Balaban J connectivity index is 1.08. The van der Waals surface area contributed by atoms with E-state index in [0.29, 0.717) is 46.2 Å². The van der Waals surface area contributed by atoms with E-state index in [1.807, 2.05) is 194 Å². The molecule has 10 nitrogen and oxygen atoms in total. The van der Waals surface area contributed by atoms with Crippen molar-refractivity contribution in [2.75, 3.05) is 9.80 Å². The number of benzene rings is 10. The molecule has 0 saturated heterocycles. The number of nitriles is 1. The van der Waals surface area contributed by atoms with Crippen molar-refractivity contribution in [3.05, 3.63) is 285 Å². The minimum Gasteiger partial charge on any atom is -0.305 e. The quantitative estimate of drug-likeness (QED) is 0.124. The second kappa shape index (κ2) is 21.4. The normalized spacial score (nSPS) is 11.6. The average Bonchev–Trinajstić information content (AvgIpc) is 3.64. The summed E-state index contributed by atoms with van der Waals surface area (Å²) in [6, 6.07) is 96.2. The Bertz CT molecular complexity index is 4280. The largest absolute Gasteiger partial charge is 0.305 e. The first-order chi connectivity index (χ1) is 40.6. The highest BCUT2D eigenvalue weighted by Crippen LogP contribution is 2.58. The molecule has 0 unspecified atom stereocenters. The van der Waals surface area contributed by atoms with Crippen LogP contribution in [-0.2, 0) is 0 Å². The first-order valence-corrected chi connectivity index (χ1v) is 26.9. The van der Waals surface area contributed by atoms with Gasteiger partial charge in [0.25, 0.3) is 0 Å². The van der Waals surface area contributed by atoms with Crippen LogP contribution < -0.4 is 9.80 Å². The van der Waals surface area contributed by atoms with Crippen LogP contribution in [0.15, 0.2) is 279 Å². The van der Waals surface area contributed by atoms with Crippen LogP contribution in [0.25, 0.3) is 102 Å². The molecule has 82 heavy (non-hydrogen) atoms. The highest BCUT2D eigenvalue weighted by atomic mass is 15.3. The summed E-state index contributed by atoms with van der Waals surface area (Å²) in [7, 11) is 0. The monoisotopic (exact) mass is 1050 g/mol. The zero-order valence-corrected chi connectivity index (χ0v) is 44.0. The van der Waals surface area contributed by atoms with Gasteiger partial charge < -0.3 is 4.90 Å².